The standard InChI is InChI=1S/C41H51N11O6S2/c1-9-51(10-2)35-22-31(33(24-37(35)57-7)49-47-29-16-14-13-15-26(29)5)42-39-44-40(46-41(45-39)59-20-19-53)43-32-23-36(52(11-3)12-4)38(58-8)25-34(32)50-48-30-21-28(60(54,55)56)18-17-27(30)6/h13-18,21-25,53H,9-12,19-20H2,1-8H3,(H,54,55,56)(H2,42,43,44,45,46). The summed E-state index contributed by atoms with van der Waals surface area (Å²) in [6.45, 7) is 14.6. The number of thioether (sulfide) groups is 1. The van der Waals surface area contributed by atoms with Crippen LogP contribution in [0.2, 0.25) is 0 Å². The van der Waals surface area contributed by atoms with Crippen LogP contribution in [0.1, 0.15) is 38.8 Å². The number of hydrogen-bond acceptors (Lipinski definition) is 17. The van der Waals surface area contributed by atoms with E-state index >= 15 is 0 Å². The molecule has 0 aliphatic heterocycles. The summed E-state index contributed by atoms with van der Waals surface area (Å²) in [6, 6.07) is 19.1. The highest BCUT2D eigenvalue weighted by Gasteiger charge is 2.20. The Balaban J connectivity index is 1.65. The predicted molar refractivity (Wildman–Crippen MR) is 238 cm³/mol. The molecule has 19 heteroatoms. The van der Waals surface area contributed by atoms with Gasteiger partial charge in [-0.05, 0) is 83.0 Å². The molecule has 0 radical (unpaired) electrons. The average molecular weight is 858 g/mol. The van der Waals surface area contributed by atoms with E-state index in [1.165, 1.54) is 30.0 Å². The maximum atomic E-state index is 11.9. The maximum Gasteiger partial charge on any atom is 0.294 e. The number of azo groups is 2. The number of aromatic nitrogens is 3. The monoisotopic (exact) mass is 857 g/mol. The quantitative estimate of drug-likeness (QED) is 0.0326. The van der Waals surface area contributed by atoms with E-state index in [1.54, 1.807) is 27.2 Å². The molecule has 0 bridgehead atoms. The van der Waals surface area contributed by atoms with Gasteiger partial charge in [-0.2, -0.15) is 33.6 Å². The lowest BCUT2D eigenvalue weighted by molar-refractivity contribution is 0.322. The minimum absolute atomic E-state index is 0.106. The molecule has 0 unspecified atom stereocenters. The summed E-state index contributed by atoms with van der Waals surface area (Å²) in [6.07, 6.45) is 0. The van der Waals surface area contributed by atoms with Crippen molar-refractivity contribution in [1.29, 1.82) is 0 Å². The Morgan fingerprint density at radius 3 is 1.62 bits per heavy atom. The largest absolute Gasteiger partial charge is 0.494 e. The number of rotatable bonds is 20. The third-order valence-electron chi connectivity index (χ3n) is 9.36. The van der Waals surface area contributed by atoms with Gasteiger partial charge in [-0.1, -0.05) is 36.0 Å². The summed E-state index contributed by atoms with van der Waals surface area (Å²) in [5, 5.41) is 34.8. The van der Waals surface area contributed by atoms with Gasteiger partial charge < -0.3 is 35.0 Å². The van der Waals surface area contributed by atoms with Gasteiger partial charge in [0.25, 0.3) is 10.1 Å². The lowest BCUT2D eigenvalue weighted by atomic mass is 10.2. The Hall–Kier alpha value is -5.89. The van der Waals surface area contributed by atoms with Crippen molar-refractivity contribution in [2.45, 2.75) is 51.6 Å². The van der Waals surface area contributed by atoms with Crippen LogP contribution >= 0.6 is 11.8 Å². The predicted octanol–water partition coefficient (Wildman–Crippen LogP) is 9.85. The van der Waals surface area contributed by atoms with Gasteiger partial charge in [0.05, 0.1) is 59.8 Å². The zero-order valence-corrected chi connectivity index (χ0v) is 36.6. The Morgan fingerprint density at radius 1 is 0.667 bits per heavy atom. The van der Waals surface area contributed by atoms with Gasteiger partial charge in [-0.3, -0.25) is 4.55 Å². The summed E-state index contributed by atoms with van der Waals surface area (Å²) < 4.78 is 45.2. The van der Waals surface area contributed by atoms with Crippen molar-refractivity contribution >= 4 is 79.3 Å². The number of aliphatic hydroxyl groups is 1. The van der Waals surface area contributed by atoms with Gasteiger partial charge in [-0.25, -0.2) is 0 Å². The molecule has 4 N–H and O–H groups in total. The lowest BCUT2D eigenvalue weighted by Crippen LogP contribution is -2.22. The first-order valence-corrected chi connectivity index (χ1v) is 21.7. The second kappa shape index (κ2) is 20.9. The van der Waals surface area contributed by atoms with E-state index < -0.39 is 10.1 Å². The maximum absolute atomic E-state index is 11.9. The van der Waals surface area contributed by atoms with E-state index in [9.17, 15) is 18.1 Å². The van der Waals surface area contributed by atoms with Crippen molar-refractivity contribution in [3.05, 3.63) is 77.9 Å². The molecule has 60 heavy (non-hydrogen) atoms. The van der Waals surface area contributed by atoms with Gasteiger partial charge in [0.2, 0.25) is 11.9 Å². The third-order valence-corrected chi connectivity index (χ3v) is 11.0. The number of anilines is 6. The van der Waals surface area contributed by atoms with Gasteiger partial charge in [0.15, 0.2) is 5.16 Å². The molecule has 1 aromatic heterocycles. The number of aliphatic hydroxyl groups excluding tert-OH is 1. The average Bonchev–Trinajstić information content (AvgIpc) is 3.23. The minimum atomic E-state index is -4.48. The summed E-state index contributed by atoms with van der Waals surface area (Å²) in [4.78, 5) is 18.1. The highest BCUT2D eigenvalue weighted by atomic mass is 32.2. The molecule has 5 aromatic rings. The second-order valence-corrected chi connectivity index (χ2v) is 15.6. The van der Waals surface area contributed by atoms with Crippen molar-refractivity contribution in [3.63, 3.8) is 0 Å². The Morgan fingerprint density at radius 2 is 1.15 bits per heavy atom. The van der Waals surface area contributed by atoms with Crippen molar-refractivity contribution in [3.8, 4) is 11.5 Å². The molecule has 1 heterocycles. The van der Waals surface area contributed by atoms with E-state index in [0.717, 1.165) is 30.0 Å². The summed E-state index contributed by atoms with van der Waals surface area (Å²) in [5.41, 5.74) is 5.92. The van der Waals surface area contributed by atoms with E-state index in [0.29, 0.717) is 69.5 Å². The number of methoxy groups -OCH3 is 2. The van der Waals surface area contributed by atoms with Crippen molar-refractivity contribution in [2.24, 2.45) is 20.5 Å². The SMILES string of the molecule is CCN(CC)c1cc(Nc2nc(Nc3cc(N(CC)CC)c(OC)cc3N=Nc3cc(S(=O)(=O)O)ccc3C)nc(SCCO)n2)c(N=Nc2ccccc2C)cc1OC. The first-order valence-electron chi connectivity index (χ1n) is 19.3. The normalized spacial score (nSPS) is 11.6. The fraction of sp³-hybridized carbons (Fsp3) is 0.341. The molecule has 5 rings (SSSR count). The van der Waals surface area contributed by atoms with Crippen LogP contribution in [0.5, 0.6) is 11.5 Å². The van der Waals surface area contributed by atoms with Crippen molar-refractivity contribution in [1.82, 2.24) is 15.0 Å². The molecule has 0 amide bonds. The van der Waals surface area contributed by atoms with E-state index in [4.69, 9.17) is 19.4 Å². The molecule has 0 fully saturated rings. The highest BCUT2D eigenvalue weighted by Crippen LogP contribution is 2.43. The lowest BCUT2D eigenvalue weighted by Gasteiger charge is -2.25. The third kappa shape index (κ3) is 11.2. The van der Waals surface area contributed by atoms with Crippen LogP contribution in [-0.4, -0.2) is 85.8 Å². The van der Waals surface area contributed by atoms with Crippen molar-refractivity contribution < 1.29 is 27.6 Å². The number of ether oxygens (including phenoxy) is 2. The van der Waals surface area contributed by atoms with E-state index in [2.05, 4.69) is 59.7 Å². The van der Waals surface area contributed by atoms with Crippen LogP contribution in [0, 0.1) is 13.8 Å². The Kier molecular flexibility index (Phi) is 15.7. The van der Waals surface area contributed by atoms with Crippen LogP contribution in [0.3, 0.4) is 0 Å². The van der Waals surface area contributed by atoms with Crippen LogP contribution < -0.4 is 29.9 Å². The molecule has 0 aliphatic carbocycles. The molecule has 0 aliphatic rings. The fourth-order valence-corrected chi connectivity index (χ4v) is 7.17. The molecular weight excluding hydrogens is 807 g/mol. The molecule has 318 valence electrons. The fourth-order valence-electron chi connectivity index (χ4n) is 6.09. The highest BCUT2D eigenvalue weighted by molar-refractivity contribution is 7.99. The zero-order chi connectivity index (χ0) is 43.4. The first kappa shape index (κ1) is 45.2. The summed E-state index contributed by atoms with van der Waals surface area (Å²) in [5.74, 6) is 1.78. The molecule has 4 aromatic carbocycles. The van der Waals surface area contributed by atoms with Crippen LogP contribution in [0.15, 0.2) is 97.2 Å². The molecule has 0 saturated carbocycles. The van der Waals surface area contributed by atoms with E-state index in [-0.39, 0.29) is 29.1 Å². The van der Waals surface area contributed by atoms with E-state index in [1.807, 2.05) is 63.2 Å². The Labute approximate surface area is 355 Å². The van der Waals surface area contributed by atoms with Gasteiger partial charge in [-0.15, -0.1) is 10.2 Å². The van der Waals surface area contributed by atoms with Crippen molar-refractivity contribution in [2.75, 3.05) is 73.2 Å². The number of aryl methyl sites for hydroxylation is 2. The van der Waals surface area contributed by atoms with Crippen LogP contribution in [-0.2, 0) is 10.1 Å². The smallest absolute Gasteiger partial charge is 0.294 e. The number of nitrogens with one attached hydrogen (secondary N) is 2. The number of benzene rings is 4. The minimum Gasteiger partial charge on any atom is -0.494 e. The zero-order valence-electron chi connectivity index (χ0n) is 35.0. The Bertz CT molecular complexity index is 2440. The summed E-state index contributed by atoms with van der Waals surface area (Å²) >= 11 is 1.24. The second-order valence-electron chi connectivity index (χ2n) is 13.1. The topological polar surface area (TPSA) is 212 Å². The van der Waals surface area contributed by atoms with Gasteiger partial charge in [0, 0.05) is 44.1 Å². The number of nitrogens with zero attached hydrogens (tertiary/aromatic N) is 9. The van der Waals surface area contributed by atoms with Crippen LogP contribution in [0.4, 0.5) is 57.4 Å². The molecular formula is C41H51N11O6S2. The molecule has 0 saturated heterocycles. The van der Waals surface area contributed by atoms with Gasteiger partial charge in [0.1, 0.15) is 22.9 Å². The summed E-state index contributed by atoms with van der Waals surface area (Å²) in [7, 11) is -1.31. The van der Waals surface area contributed by atoms with Crippen LogP contribution in [0.25, 0.3) is 0 Å². The molecule has 0 spiro atoms. The first-order chi connectivity index (χ1) is 28.8. The molecule has 0 atom stereocenters. The van der Waals surface area contributed by atoms with Gasteiger partial charge >= 0.3 is 0 Å². The number of hydrogen-bond donors (Lipinski definition) is 4. The molecule has 17 nitrogen and oxygen atoms in total.